The van der Waals surface area contributed by atoms with Crippen LogP contribution in [-0.2, 0) is 15.4 Å². The molecule has 0 bridgehead atoms. The molecule has 2 N–H and O–H groups in total. The summed E-state index contributed by atoms with van der Waals surface area (Å²) in [5.41, 5.74) is 3.76. The van der Waals surface area contributed by atoms with Crippen molar-refractivity contribution in [2.24, 2.45) is 0 Å². The van der Waals surface area contributed by atoms with Crippen molar-refractivity contribution in [3.8, 4) is 22.9 Å². The molecule has 0 unspecified atom stereocenters. The van der Waals surface area contributed by atoms with Gasteiger partial charge in [0.2, 0.25) is 10.0 Å². The minimum Gasteiger partial charge on any atom is -0.496 e. The Morgan fingerprint density at radius 3 is 2.38 bits per heavy atom. The van der Waals surface area contributed by atoms with Gasteiger partial charge in [-0.05, 0) is 52.9 Å². The van der Waals surface area contributed by atoms with Crippen molar-refractivity contribution in [3.63, 3.8) is 0 Å². The van der Waals surface area contributed by atoms with Crippen LogP contribution in [0.15, 0.2) is 53.5 Å². The van der Waals surface area contributed by atoms with Crippen LogP contribution < -0.4 is 15.0 Å². The molecule has 0 amide bonds. The van der Waals surface area contributed by atoms with E-state index in [-0.39, 0.29) is 11.0 Å². The summed E-state index contributed by atoms with van der Waals surface area (Å²) >= 11 is 0. The lowest BCUT2D eigenvalue weighted by Crippen LogP contribution is -2.15. The number of aromatic nitrogens is 1. The Morgan fingerprint density at radius 2 is 1.79 bits per heavy atom. The van der Waals surface area contributed by atoms with E-state index in [4.69, 9.17) is 4.74 Å². The maximum atomic E-state index is 12.5. The van der Waals surface area contributed by atoms with Crippen LogP contribution >= 0.6 is 0 Å². The number of methoxy groups -OCH3 is 1. The maximum absolute atomic E-state index is 12.5. The number of nitriles is 1. The molecule has 34 heavy (non-hydrogen) atoms. The molecule has 0 aliphatic carbocycles. The molecule has 0 radical (unpaired) electrons. The Balaban J connectivity index is 2.16. The number of hydrogen-bond acceptors (Lipinski definition) is 5. The highest BCUT2D eigenvalue weighted by atomic mass is 32.2. The zero-order valence-electron chi connectivity index (χ0n) is 19.8. The number of rotatable bonds is 6. The molecule has 0 aliphatic heterocycles. The van der Waals surface area contributed by atoms with Crippen molar-refractivity contribution in [1.29, 1.82) is 5.26 Å². The normalized spacial score (nSPS) is 11.9. The van der Waals surface area contributed by atoms with Crippen LogP contribution in [0.3, 0.4) is 0 Å². The summed E-state index contributed by atoms with van der Waals surface area (Å²) in [6.45, 7) is 6.20. The third-order valence-corrected chi connectivity index (χ3v) is 5.78. The number of pyridine rings is 1. The summed E-state index contributed by atoms with van der Waals surface area (Å²) in [7, 11) is -1.85. The molecular weight excluding hydrogens is 450 g/mol. The fourth-order valence-corrected chi connectivity index (χ4v) is 4.18. The molecule has 1 aromatic heterocycles. The van der Waals surface area contributed by atoms with E-state index in [1.807, 2.05) is 18.2 Å². The first-order valence-electron chi connectivity index (χ1n) is 10.5. The van der Waals surface area contributed by atoms with Crippen LogP contribution in [0.2, 0.25) is 0 Å². The number of ether oxygens (including phenoxy) is 1. The molecule has 7 nitrogen and oxygen atoms in total. The standard InChI is InChI=1S/C26H27N3O4S/c1-26(2,3)23-15-19(22-7-6-12-28-25(22)30)13-18(24(23)33-4)9-8-17-10-11-21(14-20(17)16-27)29-34(5,31)32/h6-15,29H,1-5H3,(H,28,30). The molecule has 1 heterocycles. The number of sulfonamides is 1. The van der Waals surface area contributed by atoms with Crippen LogP contribution in [0.1, 0.15) is 43.0 Å². The van der Waals surface area contributed by atoms with Crippen LogP contribution in [-0.4, -0.2) is 26.8 Å². The first-order valence-corrected chi connectivity index (χ1v) is 12.4. The highest BCUT2D eigenvalue weighted by Gasteiger charge is 2.22. The van der Waals surface area contributed by atoms with Gasteiger partial charge in [0.1, 0.15) is 5.75 Å². The predicted molar refractivity (Wildman–Crippen MR) is 136 cm³/mol. The Bertz CT molecular complexity index is 1460. The van der Waals surface area contributed by atoms with E-state index in [0.717, 1.165) is 22.9 Å². The minimum absolute atomic E-state index is 0.191. The summed E-state index contributed by atoms with van der Waals surface area (Å²) in [5.74, 6) is 0.675. The van der Waals surface area contributed by atoms with Gasteiger partial charge in [-0.25, -0.2) is 8.42 Å². The molecule has 0 fully saturated rings. The molecule has 0 saturated carbocycles. The van der Waals surface area contributed by atoms with Crippen molar-refractivity contribution < 1.29 is 13.2 Å². The topological polar surface area (TPSA) is 112 Å². The van der Waals surface area contributed by atoms with Gasteiger partial charge in [-0.1, -0.05) is 39.0 Å². The average Bonchev–Trinajstić information content (AvgIpc) is 2.76. The summed E-state index contributed by atoms with van der Waals surface area (Å²) in [6, 6.07) is 14.2. The molecule has 0 aliphatic rings. The van der Waals surface area contributed by atoms with Crippen molar-refractivity contribution >= 4 is 27.9 Å². The fraction of sp³-hybridized carbons (Fsp3) is 0.231. The van der Waals surface area contributed by atoms with E-state index in [1.54, 1.807) is 43.6 Å². The van der Waals surface area contributed by atoms with Gasteiger partial charge in [-0.2, -0.15) is 5.26 Å². The van der Waals surface area contributed by atoms with Gasteiger partial charge in [-0.3, -0.25) is 9.52 Å². The second-order valence-corrected chi connectivity index (χ2v) is 10.7. The molecule has 2 aromatic carbocycles. The maximum Gasteiger partial charge on any atom is 0.255 e. The van der Waals surface area contributed by atoms with Gasteiger partial charge in [0.15, 0.2) is 0 Å². The van der Waals surface area contributed by atoms with Crippen molar-refractivity contribution in [3.05, 3.63) is 81.3 Å². The van der Waals surface area contributed by atoms with Crippen LogP contribution in [0, 0.1) is 11.3 Å². The zero-order valence-corrected chi connectivity index (χ0v) is 20.6. The Labute approximate surface area is 199 Å². The fourth-order valence-electron chi connectivity index (χ4n) is 3.62. The highest BCUT2D eigenvalue weighted by Crippen LogP contribution is 2.38. The molecule has 0 saturated heterocycles. The van der Waals surface area contributed by atoms with Gasteiger partial charge >= 0.3 is 0 Å². The predicted octanol–water partition coefficient (Wildman–Crippen LogP) is 4.76. The van der Waals surface area contributed by atoms with Gasteiger partial charge < -0.3 is 9.72 Å². The number of anilines is 1. The molecule has 0 spiro atoms. The molecule has 176 valence electrons. The van der Waals surface area contributed by atoms with Crippen LogP contribution in [0.4, 0.5) is 5.69 Å². The lowest BCUT2D eigenvalue weighted by Gasteiger charge is -2.24. The molecule has 8 heteroatoms. The first-order chi connectivity index (χ1) is 15.9. The quantitative estimate of drug-likeness (QED) is 0.497. The SMILES string of the molecule is COc1c(C=Cc2ccc(NS(C)(=O)=O)cc2C#N)cc(-c2ccc[nH]c2=O)cc1C(C)(C)C. The van der Waals surface area contributed by atoms with Crippen LogP contribution in [0.25, 0.3) is 23.3 Å². The number of hydrogen-bond donors (Lipinski definition) is 2. The largest absolute Gasteiger partial charge is 0.496 e. The lowest BCUT2D eigenvalue weighted by atomic mass is 9.83. The van der Waals surface area contributed by atoms with Gasteiger partial charge in [0, 0.05) is 28.6 Å². The first kappa shape index (κ1) is 24.8. The molecule has 3 aromatic rings. The van der Waals surface area contributed by atoms with Gasteiger partial charge in [0.25, 0.3) is 5.56 Å². The lowest BCUT2D eigenvalue weighted by molar-refractivity contribution is 0.397. The highest BCUT2D eigenvalue weighted by molar-refractivity contribution is 7.92. The molecular formula is C26H27N3O4S. The second kappa shape index (κ2) is 9.57. The van der Waals surface area contributed by atoms with E-state index >= 15 is 0 Å². The average molecular weight is 478 g/mol. The van der Waals surface area contributed by atoms with E-state index in [1.165, 1.54) is 6.07 Å². The molecule has 0 atom stereocenters. The summed E-state index contributed by atoms with van der Waals surface area (Å²) < 4.78 is 31.2. The van der Waals surface area contributed by atoms with E-state index < -0.39 is 10.0 Å². The van der Waals surface area contributed by atoms with E-state index in [0.29, 0.717) is 28.1 Å². The van der Waals surface area contributed by atoms with Crippen molar-refractivity contribution in [2.45, 2.75) is 26.2 Å². The number of nitrogens with zero attached hydrogens (tertiary/aromatic N) is 1. The monoisotopic (exact) mass is 477 g/mol. The number of H-pyrrole nitrogens is 1. The van der Waals surface area contributed by atoms with Gasteiger partial charge in [-0.15, -0.1) is 0 Å². The van der Waals surface area contributed by atoms with E-state index in [2.05, 4.69) is 36.5 Å². The number of benzene rings is 2. The zero-order chi connectivity index (χ0) is 25.1. The second-order valence-electron chi connectivity index (χ2n) is 8.93. The van der Waals surface area contributed by atoms with Crippen molar-refractivity contribution in [2.75, 3.05) is 18.1 Å². The smallest absolute Gasteiger partial charge is 0.255 e. The van der Waals surface area contributed by atoms with E-state index in [9.17, 15) is 18.5 Å². The van der Waals surface area contributed by atoms with Crippen molar-refractivity contribution in [1.82, 2.24) is 4.98 Å². The minimum atomic E-state index is -3.45. The Kier molecular flexibility index (Phi) is 6.99. The third-order valence-electron chi connectivity index (χ3n) is 5.18. The van der Waals surface area contributed by atoms with Crippen LogP contribution in [0.5, 0.6) is 5.75 Å². The summed E-state index contributed by atoms with van der Waals surface area (Å²) in [4.78, 5) is 15.2. The summed E-state index contributed by atoms with van der Waals surface area (Å²) in [6.07, 6.45) is 6.24. The summed E-state index contributed by atoms with van der Waals surface area (Å²) in [5, 5.41) is 9.59. The Morgan fingerprint density at radius 1 is 1.09 bits per heavy atom. The van der Waals surface area contributed by atoms with Gasteiger partial charge in [0.05, 0.1) is 25.0 Å². The Hall–Kier alpha value is -3.83. The third kappa shape index (κ3) is 5.74. The molecule has 3 rings (SSSR count). The number of aromatic amines is 1. The number of nitrogens with one attached hydrogen (secondary N) is 2.